The van der Waals surface area contributed by atoms with Crippen LogP contribution in [0.4, 0.5) is 17.1 Å². The largest absolute Gasteiger partial charge is 0.464 e. The van der Waals surface area contributed by atoms with Gasteiger partial charge in [-0.2, -0.15) is 5.26 Å². The highest BCUT2D eigenvalue weighted by atomic mass is 35.5. The number of nitrogens with zero attached hydrogens (tertiary/aromatic N) is 6. The third kappa shape index (κ3) is 9.93. The lowest BCUT2D eigenvalue weighted by molar-refractivity contribution is -0.132. The molecule has 1 amide bonds. The number of nitriles is 2. The normalized spacial score (nSPS) is 11.0. The monoisotopic (exact) mass is 581 g/mol. The lowest BCUT2D eigenvalue weighted by Crippen LogP contribution is -2.13. The van der Waals surface area contributed by atoms with E-state index in [0.29, 0.717) is 43.3 Å². The van der Waals surface area contributed by atoms with E-state index in [1.54, 1.807) is 32.1 Å². The second-order valence-electron chi connectivity index (χ2n) is 7.21. The van der Waals surface area contributed by atoms with E-state index >= 15 is 0 Å². The SMILES string of the molecule is COC(=O)C(C#N)=Nc1cc(Cl)c(C)c(Cl)c1.[C-]#[N+]C(/C=C(/C#N)[N+]#[C-])=Nc1cc(Cl)c(C)c(NC(C)=O)c1. The molecule has 0 spiro atoms. The number of allylic oxidation sites excluding steroid dienone is 1. The molecule has 0 atom stereocenters. The fourth-order valence-corrected chi connectivity index (χ4v) is 3.21. The van der Waals surface area contributed by atoms with E-state index in [9.17, 15) is 9.59 Å². The van der Waals surface area contributed by atoms with Crippen LogP contribution in [0.15, 0.2) is 46.0 Å². The highest BCUT2D eigenvalue weighted by molar-refractivity contribution is 6.43. The molecule has 39 heavy (non-hydrogen) atoms. The van der Waals surface area contributed by atoms with E-state index < -0.39 is 5.97 Å². The maximum absolute atomic E-state index is 11.2. The highest BCUT2D eigenvalue weighted by Crippen LogP contribution is 2.31. The van der Waals surface area contributed by atoms with Gasteiger partial charge in [-0.25, -0.2) is 19.9 Å². The van der Waals surface area contributed by atoms with Crippen LogP contribution in [-0.2, 0) is 14.3 Å². The number of ether oxygens (including phenoxy) is 1. The van der Waals surface area contributed by atoms with Crippen LogP contribution >= 0.6 is 34.8 Å². The number of amides is 1. The Hall–Kier alpha value is -4.71. The Morgan fingerprint density at radius 2 is 1.49 bits per heavy atom. The molecule has 1 N–H and O–H groups in total. The Labute approximate surface area is 240 Å². The first-order valence-corrected chi connectivity index (χ1v) is 11.6. The first kappa shape index (κ1) is 32.3. The van der Waals surface area contributed by atoms with Gasteiger partial charge in [0.05, 0.1) is 25.4 Å². The summed E-state index contributed by atoms with van der Waals surface area (Å²) >= 11 is 17.9. The number of rotatable bonds is 5. The second kappa shape index (κ2) is 15.5. The number of carbonyl (C=O) groups excluding carboxylic acids is 2. The summed E-state index contributed by atoms with van der Waals surface area (Å²) in [5.74, 6) is -1.19. The van der Waals surface area contributed by atoms with Crippen molar-refractivity contribution < 1.29 is 14.3 Å². The van der Waals surface area contributed by atoms with E-state index in [4.69, 9.17) is 58.5 Å². The van der Waals surface area contributed by atoms with Crippen LogP contribution in [0.3, 0.4) is 0 Å². The van der Waals surface area contributed by atoms with Crippen LogP contribution < -0.4 is 5.32 Å². The maximum atomic E-state index is 11.2. The quantitative estimate of drug-likeness (QED) is 0.134. The lowest BCUT2D eigenvalue weighted by atomic mass is 10.1. The summed E-state index contributed by atoms with van der Waals surface area (Å²) in [5, 5.41) is 21.3. The summed E-state index contributed by atoms with van der Waals surface area (Å²) in [4.78, 5) is 36.3. The fraction of sp³-hybridized carbons (Fsp3) is 0.154. The summed E-state index contributed by atoms with van der Waals surface area (Å²) in [6.45, 7) is 18.7. The van der Waals surface area contributed by atoms with Crippen LogP contribution in [0, 0.1) is 49.7 Å². The van der Waals surface area contributed by atoms with Gasteiger partial charge in [-0.3, -0.25) is 4.79 Å². The molecule has 0 aromatic heterocycles. The minimum absolute atomic E-state index is 0.124. The topological polar surface area (TPSA) is 136 Å². The average Bonchev–Trinajstić information content (AvgIpc) is 2.90. The van der Waals surface area contributed by atoms with Crippen LogP contribution in [0.2, 0.25) is 15.1 Å². The molecule has 0 saturated carbocycles. The molecule has 0 fully saturated rings. The third-order valence-electron chi connectivity index (χ3n) is 4.49. The minimum Gasteiger partial charge on any atom is -0.464 e. The standard InChI is InChI=1S/C15H10ClN5O.C11H8Cl2N2O2/c1-9-13(16)5-11(6-14(9)20-10(2)22)21-15(19-4)7-12(8-17)18-3;1-6-8(12)3-7(4-9(6)13)15-10(5-14)11(16)17-2/h5-7H,1-2H3,(H,20,22);3-4H,1-2H3/b12-7-,21-15?;. The zero-order chi connectivity index (χ0) is 29.7. The number of esters is 1. The maximum Gasteiger partial charge on any atom is 0.367 e. The van der Waals surface area contributed by atoms with Crippen LogP contribution in [-0.4, -0.2) is 30.5 Å². The Balaban J connectivity index is 0.000000403. The van der Waals surface area contributed by atoms with Gasteiger partial charge in [-0.05, 0) is 43.2 Å². The van der Waals surface area contributed by atoms with Crippen molar-refractivity contribution in [3.63, 3.8) is 0 Å². The molecule has 10 nitrogen and oxygen atoms in total. The first-order chi connectivity index (χ1) is 18.4. The van der Waals surface area contributed by atoms with Gasteiger partial charge in [-0.1, -0.05) is 41.4 Å². The Morgan fingerprint density at radius 1 is 0.949 bits per heavy atom. The van der Waals surface area contributed by atoms with Crippen LogP contribution in [0.1, 0.15) is 18.1 Å². The smallest absolute Gasteiger partial charge is 0.367 e. The molecule has 0 saturated heterocycles. The molecule has 13 heteroatoms. The third-order valence-corrected chi connectivity index (χ3v) is 5.67. The number of methoxy groups -OCH3 is 1. The zero-order valence-electron chi connectivity index (χ0n) is 20.9. The number of amidine groups is 1. The van der Waals surface area contributed by atoms with Gasteiger partial charge < -0.3 is 14.9 Å². The van der Waals surface area contributed by atoms with Crippen molar-refractivity contribution in [1.82, 2.24) is 0 Å². The predicted octanol–water partition coefficient (Wildman–Crippen LogP) is 6.95. The number of aliphatic imine (C=N–C) groups is 2. The molecular formula is C26H18Cl3N7O3. The number of hydrogen-bond acceptors (Lipinski definition) is 7. The minimum atomic E-state index is -0.805. The van der Waals surface area contributed by atoms with Crippen LogP contribution in [0.5, 0.6) is 0 Å². The molecule has 0 bridgehead atoms. The molecule has 196 valence electrons. The average molecular weight is 583 g/mol. The molecule has 2 aromatic carbocycles. The van der Waals surface area contributed by atoms with E-state index in [1.165, 1.54) is 32.2 Å². The summed E-state index contributed by atoms with van der Waals surface area (Å²) in [6.07, 6.45) is 1.09. The number of carbonyl (C=O) groups is 2. The molecule has 2 rings (SSSR count). The molecule has 0 aliphatic carbocycles. The molecule has 0 heterocycles. The van der Waals surface area contributed by atoms with Crippen LogP contribution in [0.25, 0.3) is 9.69 Å². The molecule has 0 radical (unpaired) electrons. The Morgan fingerprint density at radius 3 is 1.92 bits per heavy atom. The van der Waals surface area contributed by atoms with Crippen molar-refractivity contribution in [1.29, 1.82) is 10.5 Å². The number of hydrogen-bond donors (Lipinski definition) is 1. The Bertz CT molecular complexity index is 1530. The van der Waals surface area contributed by atoms with Crippen molar-refractivity contribution in [3.05, 3.63) is 85.1 Å². The molecular weight excluding hydrogens is 565 g/mol. The van der Waals surface area contributed by atoms with Gasteiger partial charge in [0.2, 0.25) is 11.6 Å². The summed E-state index contributed by atoms with van der Waals surface area (Å²) < 4.78 is 4.40. The molecule has 2 aromatic rings. The molecule has 0 aliphatic heterocycles. The van der Waals surface area contributed by atoms with Crippen molar-refractivity contribution in [2.75, 3.05) is 12.4 Å². The van der Waals surface area contributed by atoms with Gasteiger partial charge in [0.25, 0.3) is 11.5 Å². The Kier molecular flexibility index (Phi) is 12.9. The van der Waals surface area contributed by atoms with Gasteiger partial charge in [0, 0.05) is 39.8 Å². The number of halogens is 3. The van der Waals surface area contributed by atoms with Gasteiger partial charge in [-0.15, -0.1) is 4.99 Å². The summed E-state index contributed by atoms with van der Waals surface area (Å²) in [5.41, 5.74) is 1.94. The highest BCUT2D eigenvalue weighted by Gasteiger charge is 2.12. The summed E-state index contributed by atoms with van der Waals surface area (Å²) in [7, 11) is 1.17. The van der Waals surface area contributed by atoms with Gasteiger partial charge in [0.1, 0.15) is 6.07 Å². The van der Waals surface area contributed by atoms with E-state index in [1.807, 2.05) is 0 Å². The first-order valence-electron chi connectivity index (χ1n) is 10.5. The van der Waals surface area contributed by atoms with Crippen molar-refractivity contribution in [2.45, 2.75) is 20.8 Å². The van der Waals surface area contributed by atoms with E-state index in [2.05, 4.69) is 29.7 Å². The van der Waals surface area contributed by atoms with Crippen molar-refractivity contribution >= 4 is 75.3 Å². The van der Waals surface area contributed by atoms with Crippen molar-refractivity contribution in [3.8, 4) is 12.1 Å². The van der Waals surface area contributed by atoms with Gasteiger partial charge >= 0.3 is 5.97 Å². The molecule has 0 unspecified atom stereocenters. The van der Waals surface area contributed by atoms with Crippen molar-refractivity contribution in [2.24, 2.45) is 9.98 Å². The zero-order valence-corrected chi connectivity index (χ0v) is 23.2. The van der Waals surface area contributed by atoms with E-state index in [0.717, 1.165) is 6.08 Å². The number of anilines is 1. The molecule has 0 aliphatic rings. The van der Waals surface area contributed by atoms with E-state index in [-0.39, 0.29) is 23.2 Å². The fourth-order valence-electron chi connectivity index (χ4n) is 2.52. The number of benzene rings is 2. The lowest BCUT2D eigenvalue weighted by Gasteiger charge is -2.08. The van der Waals surface area contributed by atoms with Gasteiger partial charge in [0.15, 0.2) is 5.69 Å². The predicted molar refractivity (Wildman–Crippen MR) is 150 cm³/mol. The number of nitrogens with one attached hydrogen (secondary N) is 1. The summed E-state index contributed by atoms with van der Waals surface area (Å²) in [6, 6.07) is 9.43. The second-order valence-corrected chi connectivity index (χ2v) is 8.44.